The molecule has 2 heterocycles. The van der Waals surface area contributed by atoms with Crippen LogP contribution in [0.3, 0.4) is 0 Å². The van der Waals surface area contributed by atoms with Crippen molar-refractivity contribution in [1.29, 1.82) is 0 Å². The maximum Gasteiger partial charge on any atom is 0.317 e. The summed E-state index contributed by atoms with van der Waals surface area (Å²) in [5, 5.41) is 33.3. The maximum atomic E-state index is 14.3. The van der Waals surface area contributed by atoms with Crippen molar-refractivity contribution in [3.8, 4) is 0 Å². The zero-order chi connectivity index (χ0) is 39.6. The summed E-state index contributed by atoms with van der Waals surface area (Å²) in [7, 11) is 1.16. The topological polar surface area (TPSA) is 188 Å². The van der Waals surface area contributed by atoms with Crippen LogP contribution in [0.1, 0.15) is 113 Å². The van der Waals surface area contributed by atoms with Crippen LogP contribution in [0.15, 0.2) is 0 Å². The number of carbonyl (C=O) groups excluding carboxylic acids is 4. The quantitative estimate of drug-likeness (QED) is 0.0964. The number of ketones is 1. The molecule has 3 N–H and O–H groups in total. The van der Waals surface area contributed by atoms with Crippen molar-refractivity contribution in [3.63, 3.8) is 0 Å². The Morgan fingerprint density at radius 1 is 0.926 bits per heavy atom. The molecule has 0 aromatic heterocycles. The Labute approximate surface area is 318 Å². The molecule has 0 bridgehead atoms. The third-order valence-electron chi connectivity index (χ3n) is 16.4. The molecule has 0 aromatic rings. The number of fused-ring (bicyclic) bond motifs is 2. The Morgan fingerprint density at radius 3 is 2.20 bits per heavy atom. The number of Topliss-reactive ketones (excluding diaryl/α,β-unsaturated/α-hetero) is 1. The van der Waals surface area contributed by atoms with Crippen LogP contribution < -0.4 is 0 Å². The van der Waals surface area contributed by atoms with E-state index in [1.807, 2.05) is 13.8 Å². The number of esters is 3. The van der Waals surface area contributed by atoms with E-state index in [1.54, 1.807) is 0 Å². The minimum absolute atomic E-state index is 0.00838. The van der Waals surface area contributed by atoms with E-state index in [0.717, 1.165) is 45.6 Å². The first-order valence-electron chi connectivity index (χ1n) is 20.1. The number of methoxy groups -OCH3 is 1. The van der Waals surface area contributed by atoms with Crippen LogP contribution in [0.4, 0.5) is 0 Å². The zero-order valence-corrected chi connectivity index (χ0v) is 33.4. The Kier molecular flexibility index (Phi) is 9.78. The molecule has 7 aliphatic rings. The van der Waals surface area contributed by atoms with Crippen LogP contribution in [0.5, 0.6) is 0 Å². The minimum atomic E-state index is -1.46. The SMILES string of the molecule is COC(=O)CC(=O)O[C@H]1[C@H](O[C@H]2CC[C@]34C[C@]35CC[C@]3(C)[C@@H]([C@H](C)C[C@@H](OC(C)=O)[C@@H]6OC6(C)C)C(=O)[C@H](O)[C@@]3(C)[C@@H]5CCC4C2(C)C)OC[C@@H](O)[C@@H]1O. The van der Waals surface area contributed by atoms with Gasteiger partial charge in [0.1, 0.15) is 36.9 Å². The largest absolute Gasteiger partial charge is 0.469 e. The molecule has 2 saturated heterocycles. The van der Waals surface area contributed by atoms with Gasteiger partial charge in [0.2, 0.25) is 0 Å². The molecular formula is C41H62O13. The van der Waals surface area contributed by atoms with E-state index >= 15 is 0 Å². The van der Waals surface area contributed by atoms with Crippen molar-refractivity contribution in [2.75, 3.05) is 13.7 Å². The molecule has 5 saturated carbocycles. The Morgan fingerprint density at radius 2 is 1.57 bits per heavy atom. The van der Waals surface area contributed by atoms with Gasteiger partial charge in [-0.15, -0.1) is 0 Å². The van der Waals surface area contributed by atoms with Gasteiger partial charge < -0.3 is 43.7 Å². The van der Waals surface area contributed by atoms with Crippen molar-refractivity contribution in [2.24, 2.45) is 50.7 Å². The minimum Gasteiger partial charge on any atom is -0.469 e. The number of rotatable bonds is 10. The van der Waals surface area contributed by atoms with Crippen molar-refractivity contribution in [3.05, 3.63) is 0 Å². The van der Waals surface area contributed by atoms with Crippen LogP contribution in [0.25, 0.3) is 0 Å². The predicted octanol–water partition coefficient (Wildman–Crippen LogP) is 3.65. The molecule has 7 rings (SSSR count). The smallest absolute Gasteiger partial charge is 0.317 e. The molecular weight excluding hydrogens is 700 g/mol. The highest BCUT2D eigenvalue weighted by molar-refractivity contribution is 5.91. The summed E-state index contributed by atoms with van der Waals surface area (Å²) in [6.45, 7) is 16.1. The molecule has 0 radical (unpaired) electrons. The van der Waals surface area contributed by atoms with Crippen LogP contribution in [0.2, 0.25) is 0 Å². The molecule has 16 atom stereocenters. The average Bonchev–Trinajstić information content (AvgIpc) is 3.94. The van der Waals surface area contributed by atoms with E-state index in [0.29, 0.717) is 12.8 Å². The van der Waals surface area contributed by atoms with Crippen LogP contribution in [-0.2, 0) is 47.6 Å². The van der Waals surface area contributed by atoms with Crippen LogP contribution in [0, 0.1) is 50.7 Å². The van der Waals surface area contributed by atoms with Crippen molar-refractivity contribution >= 4 is 23.7 Å². The molecule has 13 heteroatoms. The van der Waals surface area contributed by atoms with Gasteiger partial charge in [0, 0.05) is 18.3 Å². The van der Waals surface area contributed by atoms with Gasteiger partial charge in [-0.3, -0.25) is 19.2 Å². The molecule has 7 fully saturated rings. The van der Waals surface area contributed by atoms with Gasteiger partial charge in [-0.25, -0.2) is 0 Å². The van der Waals surface area contributed by atoms with E-state index in [2.05, 4.69) is 39.4 Å². The third-order valence-corrected chi connectivity index (χ3v) is 16.4. The number of epoxide rings is 1. The molecule has 2 spiro atoms. The summed E-state index contributed by atoms with van der Waals surface area (Å²) in [4.78, 5) is 50.7. The summed E-state index contributed by atoms with van der Waals surface area (Å²) in [5.41, 5.74) is -1.76. The van der Waals surface area contributed by atoms with Crippen molar-refractivity contribution in [2.45, 2.75) is 168 Å². The highest BCUT2D eigenvalue weighted by Crippen LogP contribution is 2.89. The average molecular weight is 763 g/mol. The molecule has 13 nitrogen and oxygen atoms in total. The fourth-order valence-electron chi connectivity index (χ4n) is 13.7. The van der Waals surface area contributed by atoms with Gasteiger partial charge in [0.15, 0.2) is 18.2 Å². The van der Waals surface area contributed by atoms with Gasteiger partial charge in [-0.1, -0.05) is 34.6 Å². The van der Waals surface area contributed by atoms with E-state index < -0.39 is 71.6 Å². The maximum absolute atomic E-state index is 14.3. The van der Waals surface area contributed by atoms with E-state index in [-0.39, 0.29) is 70.5 Å². The molecule has 0 aromatic carbocycles. The number of hydrogen-bond donors (Lipinski definition) is 3. The number of ether oxygens (including phenoxy) is 6. The summed E-state index contributed by atoms with van der Waals surface area (Å²) in [6.07, 6.45) is -1.24. The Hall–Kier alpha value is -2.16. The van der Waals surface area contributed by atoms with E-state index in [1.165, 1.54) is 6.92 Å². The fourth-order valence-corrected chi connectivity index (χ4v) is 13.7. The van der Waals surface area contributed by atoms with Crippen molar-refractivity contribution < 1.29 is 62.9 Å². The highest BCUT2D eigenvalue weighted by atomic mass is 16.7. The van der Waals surface area contributed by atoms with Gasteiger partial charge in [0.05, 0.1) is 25.4 Å². The number of hydrogen-bond acceptors (Lipinski definition) is 13. The first kappa shape index (κ1) is 40.1. The number of aliphatic hydroxyl groups excluding tert-OH is 3. The normalized spacial score (nSPS) is 47.8. The highest BCUT2D eigenvalue weighted by Gasteiger charge is 2.84. The predicted molar refractivity (Wildman–Crippen MR) is 190 cm³/mol. The molecule has 2 aliphatic heterocycles. The van der Waals surface area contributed by atoms with Gasteiger partial charge >= 0.3 is 17.9 Å². The third kappa shape index (κ3) is 5.75. The summed E-state index contributed by atoms with van der Waals surface area (Å²) in [6, 6.07) is 0. The van der Waals surface area contributed by atoms with Gasteiger partial charge in [-0.2, -0.15) is 0 Å². The summed E-state index contributed by atoms with van der Waals surface area (Å²) >= 11 is 0. The monoisotopic (exact) mass is 762 g/mol. The van der Waals surface area contributed by atoms with Gasteiger partial charge in [0.25, 0.3) is 0 Å². The second-order valence-corrected chi connectivity index (χ2v) is 19.6. The molecule has 0 amide bonds. The molecule has 304 valence electrons. The zero-order valence-electron chi connectivity index (χ0n) is 33.4. The first-order chi connectivity index (χ1) is 25.1. The lowest BCUT2D eigenvalue weighted by Crippen LogP contribution is -2.61. The second-order valence-electron chi connectivity index (χ2n) is 19.6. The number of aliphatic hydroxyl groups is 3. The fraction of sp³-hybridized carbons (Fsp3) is 0.902. The number of carbonyl (C=O) groups is 4. The summed E-state index contributed by atoms with van der Waals surface area (Å²) < 4.78 is 34.1. The Balaban J connectivity index is 1.09. The van der Waals surface area contributed by atoms with Crippen LogP contribution in [-0.4, -0.2) is 107 Å². The second kappa shape index (κ2) is 13.2. The lowest BCUT2D eigenvalue weighted by Gasteiger charge is -2.63. The lowest BCUT2D eigenvalue weighted by molar-refractivity contribution is -0.305. The van der Waals surface area contributed by atoms with E-state index in [9.17, 15) is 34.5 Å². The molecule has 54 heavy (non-hydrogen) atoms. The first-order valence-corrected chi connectivity index (χ1v) is 20.1. The molecule has 5 aliphatic carbocycles. The standard InChI is InChI=1S/C41H62O13/c1-20(16-23(51-21(2)42)34-37(5,6)54-34)29-31(47)33(48)39(8)25-11-10-24-36(3,4)26(12-13-40(24)19-41(25,40)15-14-38(29,39)7)52-35-32(30(46)22(43)18-50-35)53-28(45)17-27(44)49-9/h20,22-26,29-30,32-35,43,46,48H,10-19H2,1-9H3/t20-,22-,23-,24?,25+,26+,29+,30+,32-,33+,34+,35+,38-,39-,40-,41+/m1/s1. The van der Waals surface area contributed by atoms with Crippen LogP contribution >= 0.6 is 0 Å². The molecule has 1 unspecified atom stereocenters. The van der Waals surface area contributed by atoms with Gasteiger partial charge in [-0.05, 0) is 105 Å². The summed E-state index contributed by atoms with van der Waals surface area (Å²) in [5.74, 6) is -2.21. The Bertz CT molecular complexity index is 1540. The van der Waals surface area contributed by atoms with Crippen molar-refractivity contribution in [1.82, 2.24) is 0 Å². The lowest BCUT2D eigenvalue weighted by atomic mass is 9.41. The van der Waals surface area contributed by atoms with E-state index in [4.69, 9.17) is 23.7 Å².